The molecule has 0 radical (unpaired) electrons. The van der Waals surface area contributed by atoms with Gasteiger partial charge in [-0.3, -0.25) is 0 Å². The molecule has 1 rings (SSSR count). The number of hydrogen-bond acceptors (Lipinski definition) is 2. The van der Waals surface area contributed by atoms with Crippen LogP contribution in [0, 0.1) is 17.2 Å². The van der Waals surface area contributed by atoms with Gasteiger partial charge in [-0.2, -0.15) is 5.26 Å². The summed E-state index contributed by atoms with van der Waals surface area (Å²) in [7, 11) is 0. The maximum absolute atomic E-state index is 8.70. The summed E-state index contributed by atoms with van der Waals surface area (Å²) in [6, 6.07) is 2.22. The standard InChI is InChI=1S/C7H10BrNO/c1-7(8,5-9)6-2-3-10-4-6/h6H,2-4H2,1H3. The van der Waals surface area contributed by atoms with Crippen LogP contribution in [0.3, 0.4) is 0 Å². The van der Waals surface area contributed by atoms with Crippen LogP contribution in [-0.4, -0.2) is 17.5 Å². The summed E-state index contributed by atoms with van der Waals surface area (Å²) in [5.74, 6) is 0.359. The fourth-order valence-corrected chi connectivity index (χ4v) is 1.41. The molecule has 0 bridgehead atoms. The van der Waals surface area contributed by atoms with E-state index in [0.717, 1.165) is 19.6 Å². The quantitative estimate of drug-likeness (QED) is 0.609. The van der Waals surface area contributed by atoms with Gasteiger partial charge < -0.3 is 4.74 Å². The Balaban J connectivity index is 2.56. The van der Waals surface area contributed by atoms with Gasteiger partial charge in [-0.25, -0.2) is 0 Å². The van der Waals surface area contributed by atoms with Crippen molar-refractivity contribution in [2.24, 2.45) is 5.92 Å². The summed E-state index contributed by atoms with van der Waals surface area (Å²) in [5.41, 5.74) is 0. The Kier molecular flexibility index (Phi) is 2.32. The Bertz CT molecular complexity index is 155. The first-order valence-corrected chi connectivity index (χ1v) is 4.14. The van der Waals surface area contributed by atoms with E-state index in [1.807, 2.05) is 6.92 Å². The number of nitrogens with zero attached hydrogens (tertiary/aromatic N) is 1. The first-order chi connectivity index (χ1) is 4.67. The predicted molar refractivity (Wildman–Crippen MR) is 41.9 cm³/mol. The van der Waals surface area contributed by atoms with Gasteiger partial charge in [0.2, 0.25) is 0 Å². The van der Waals surface area contributed by atoms with Crippen molar-refractivity contribution in [1.82, 2.24) is 0 Å². The third-order valence-electron chi connectivity index (χ3n) is 1.91. The Hall–Kier alpha value is -0.0700. The molecule has 1 heterocycles. The molecule has 2 nitrogen and oxygen atoms in total. The molecule has 2 atom stereocenters. The van der Waals surface area contributed by atoms with E-state index in [0.29, 0.717) is 5.92 Å². The van der Waals surface area contributed by atoms with Gasteiger partial charge in [0.15, 0.2) is 0 Å². The van der Waals surface area contributed by atoms with Crippen LogP contribution in [0.15, 0.2) is 0 Å². The lowest BCUT2D eigenvalue weighted by Gasteiger charge is -2.19. The first kappa shape index (κ1) is 8.03. The highest BCUT2D eigenvalue weighted by Crippen LogP contribution is 2.32. The number of ether oxygens (including phenoxy) is 1. The third-order valence-corrected chi connectivity index (χ3v) is 2.74. The molecule has 1 aliphatic rings. The van der Waals surface area contributed by atoms with E-state index in [9.17, 15) is 0 Å². The van der Waals surface area contributed by atoms with Gasteiger partial charge in [-0.1, -0.05) is 15.9 Å². The van der Waals surface area contributed by atoms with Crippen molar-refractivity contribution in [2.45, 2.75) is 17.7 Å². The predicted octanol–water partition coefficient (Wildman–Crippen LogP) is 1.70. The van der Waals surface area contributed by atoms with Gasteiger partial charge in [0.05, 0.1) is 12.7 Å². The number of hydrogen-bond donors (Lipinski definition) is 0. The van der Waals surface area contributed by atoms with Crippen LogP contribution in [0.2, 0.25) is 0 Å². The number of nitriles is 1. The molecule has 2 unspecified atom stereocenters. The van der Waals surface area contributed by atoms with E-state index in [2.05, 4.69) is 22.0 Å². The van der Waals surface area contributed by atoms with Crippen molar-refractivity contribution < 1.29 is 4.74 Å². The summed E-state index contributed by atoms with van der Waals surface area (Å²) in [6.07, 6.45) is 0.995. The SMILES string of the molecule is CC(Br)(C#N)C1CCOC1. The third kappa shape index (κ3) is 1.50. The fraction of sp³-hybridized carbons (Fsp3) is 0.857. The zero-order valence-corrected chi connectivity index (χ0v) is 7.52. The zero-order chi connectivity index (χ0) is 7.61. The average molecular weight is 204 g/mol. The Labute approximate surface area is 69.3 Å². The molecule has 56 valence electrons. The molecule has 0 aliphatic carbocycles. The minimum absolute atomic E-state index is 0.359. The second-order valence-corrected chi connectivity index (χ2v) is 4.40. The summed E-state index contributed by atoms with van der Waals surface area (Å²) in [4.78, 5) is 0. The molecule has 0 aromatic heterocycles. The van der Waals surface area contributed by atoms with Crippen molar-refractivity contribution in [2.75, 3.05) is 13.2 Å². The van der Waals surface area contributed by atoms with Gasteiger partial charge >= 0.3 is 0 Å². The number of halogens is 1. The van der Waals surface area contributed by atoms with E-state index in [1.165, 1.54) is 0 Å². The molecule has 1 fully saturated rings. The average Bonchev–Trinajstić information content (AvgIpc) is 2.38. The summed E-state index contributed by atoms with van der Waals surface area (Å²) in [6.45, 7) is 3.41. The van der Waals surface area contributed by atoms with Gasteiger partial charge in [-0.15, -0.1) is 0 Å². The molecule has 0 saturated carbocycles. The van der Waals surface area contributed by atoms with Crippen molar-refractivity contribution in [1.29, 1.82) is 5.26 Å². The molecular weight excluding hydrogens is 194 g/mol. The van der Waals surface area contributed by atoms with E-state index in [-0.39, 0.29) is 4.32 Å². The molecule has 3 heteroatoms. The smallest absolute Gasteiger partial charge is 0.114 e. The summed E-state index contributed by atoms with van der Waals surface area (Å²) < 4.78 is 4.78. The Morgan fingerprint density at radius 1 is 1.80 bits per heavy atom. The Morgan fingerprint density at radius 2 is 2.50 bits per heavy atom. The van der Waals surface area contributed by atoms with Crippen LogP contribution in [0.5, 0.6) is 0 Å². The molecule has 0 aromatic carbocycles. The molecule has 0 amide bonds. The number of rotatable bonds is 1. The minimum Gasteiger partial charge on any atom is -0.381 e. The van der Waals surface area contributed by atoms with Crippen molar-refractivity contribution in [3.63, 3.8) is 0 Å². The lowest BCUT2D eigenvalue weighted by Crippen LogP contribution is -2.25. The van der Waals surface area contributed by atoms with Crippen LogP contribution in [-0.2, 0) is 4.74 Å². The second kappa shape index (κ2) is 2.89. The molecule has 0 spiro atoms. The van der Waals surface area contributed by atoms with E-state index in [1.54, 1.807) is 0 Å². The van der Waals surface area contributed by atoms with Crippen LogP contribution in [0.4, 0.5) is 0 Å². The van der Waals surface area contributed by atoms with Crippen molar-refractivity contribution in [3.8, 4) is 6.07 Å². The molecule has 10 heavy (non-hydrogen) atoms. The normalized spacial score (nSPS) is 31.1. The van der Waals surface area contributed by atoms with Gasteiger partial charge in [0.25, 0.3) is 0 Å². The molecule has 1 saturated heterocycles. The molecule has 1 aliphatic heterocycles. The summed E-state index contributed by atoms with van der Waals surface area (Å²) in [5, 5.41) is 8.70. The minimum atomic E-state index is -0.385. The van der Waals surface area contributed by atoms with Crippen LogP contribution < -0.4 is 0 Å². The lowest BCUT2D eigenvalue weighted by atomic mass is 9.95. The van der Waals surface area contributed by atoms with Gasteiger partial charge in [-0.05, 0) is 13.3 Å². The molecular formula is C7H10BrNO. The Morgan fingerprint density at radius 3 is 2.90 bits per heavy atom. The zero-order valence-electron chi connectivity index (χ0n) is 5.93. The maximum atomic E-state index is 8.70. The van der Waals surface area contributed by atoms with Gasteiger partial charge in [0.1, 0.15) is 4.32 Å². The highest BCUT2D eigenvalue weighted by Gasteiger charge is 2.34. The maximum Gasteiger partial charge on any atom is 0.114 e. The molecule has 0 aromatic rings. The fourth-order valence-electron chi connectivity index (χ4n) is 1.05. The number of alkyl halides is 1. The monoisotopic (exact) mass is 203 g/mol. The first-order valence-electron chi connectivity index (χ1n) is 3.35. The van der Waals surface area contributed by atoms with Gasteiger partial charge in [0, 0.05) is 12.5 Å². The highest BCUT2D eigenvalue weighted by atomic mass is 79.9. The van der Waals surface area contributed by atoms with Crippen LogP contribution in [0.25, 0.3) is 0 Å². The van der Waals surface area contributed by atoms with Crippen molar-refractivity contribution >= 4 is 15.9 Å². The van der Waals surface area contributed by atoms with Crippen LogP contribution in [0.1, 0.15) is 13.3 Å². The summed E-state index contributed by atoms with van der Waals surface area (Å²) >= 11 is 3.37. The van der Waals surface area contributed by atoms with E-state index < -0.39 is 0 Å². The highest BCUT2D eigenvalue weighted by molar-refractivity contribution is 9.10. The van der Waals surface area contributed by atoms with Crippen LogP contribution >= 0.6 is 15.9 Å². The topological polar surface area (TPSA) is 33.0 Å². The molecule has 0 N–H and O–H groups in total. The van der Waals surface area contributed by atoms with Crippen molar-refractivity contribution in [3.05, 3.63) is 0 Å². The largest absolute Gasteiger partial charge is 0.381 e. The second-order valence-electron chi connectivity index (χ2n) is 2.75. The van der Waals surface area contributed by atoms with E-state index >= 15 is 0 Å². The lowest BCUT2D eigenvalue weighted by molar-refractivity contribution is 0.183. The van der Waals surface area contributed by atoms with E-state index in [4.69, 9.17) is 10.00 Å².